The zero-order valence-corrected chi connectivity index (χ0v) is 18.7. The van der Waals surface area contributed by atoms with Crippen molar-refractivity contribution in [3.63, 3.8) is 0 Å². The van der Waals surface area contributed by atoms with Gasteiger partial charge in [0.05, 0.1) is 4.90 Å². The van der Waals surface area contributed by atoms with E-state index < -0.39 is 16.1 Å². The summed E-state index contributed by atoms with van der Waals surface area (Å²) in [6.45, 7) is 6.01. The molecule has 4 rings (SSSR count). The fourth-order valence-corrected chi connectivity index (χ4v) is 5.66. The van der Waals surface area contributed by atoms with Crippen LogP contribution >= 0.6 is 0 Å². The molecule has 6 heteroatoms. The zero-order valence-electron chi connectivity index (χ0n) is 17.9. The van der Waals surface area contributed by atoms with E-state index in [1.807, 2.05) is 63.2 Å². The number of aryl methyl sites for hydroxylation is 3. The van der Waals surface area contributed by atoms with E-state index in [4.69, 9.17) is 0 Å². The summed E-state index contributed by atoms with van der Waals surface area (Å²) >= 11 is 0. The second-order valence-electron chi connectivity index (χ2n) is 8.22. The molecule has 160 valence electrons. The highest BCUT2D eigenvalue weighted by molar-refractivity contribution is 7.89. The van der Waals surface area contributed by atoms with Crippen LogP contribution in [0.5, 0.6) is 0 Å². The number of nitrogens with zero attached hydrogens (tertiary/aromatic N) is 1. The van der Waals surface area contributed by atoms with Crippen molar-refractivity contribution in [3.8, 4) is 0 Å². The molecule has 0 bridgehead atoms. The maximum absolute atomic E-state index is 13.5. The lowest BCUT2D eigenvalue weighted by Gasteiger charge is -2.35. The predicted octanol–water partition coefficient (Wildman–Crippen LogP) is 4.37. The molecule has 0 saturated heterocycles. The Morgan fingerprint density at radius 2 is 1.48 bits per heavy atom. The first-order chi connectivity index (χ1) is 14.7. The van der Waals surface area contributed by atoms with Crippen molar-refractivity contribution in [1.29, 1.82) is 0 Å². The molecule has 3 aromatic rings. The number of amides is 1. The Balaban J connectivity index is 1.72. The van der Waals surface area contributed by atoms with Crippen LogP contribution in [0.1, 0.15) is 27.8 Å². The van der Waals surface area contributed by atoms with Crippen LogP contribution in [0.15, 0.2) is 71.6 Å². The van der Waals surface area contributed by atoms with Gasteiger partial charge in [0, 0.05) is 12.2 Å². The summed E-state index contributed by atoms with van der Waals surface area (Å²) in [5, 5.41) is 2.94. The molecule has 1 aliphatic heterocycles. The second kappa shape index (κ2) is 8.29. The number of sulfonamides is 1. The zero-order chi connectivity index (χ0) is 22.2. The number of hydrogen-bond acceptors (Lipinski definition) is 3. The van der Waals surface area contributed by atoms with Crippen LogP contribution in [-0.2, 0) is 27.8 Å². The Morgan fingerprint density at radius 3 is 2.13 bits per heavy atom. The quantitative estimate of drug-likeness (QED) is 0.663. The summed E-state index contributed by atoms with van der Waals surface area (Å²) in [5.41, 5.74) is 5.65. The number of rotatable bonds is 4. The Bertz CT molecular complexity index is 1210. The maximum atomic E-state index is 13.5. The summed E-state index contributed by atoms with van der Waals surface area (Å²) in [6.07, 6.45) is 0.331. The number of benzene rings is 3. The fraction of sp³-hybridized carbons (Fsp3) is 0.240. The molecule has 1 heterocycles. The average molecular weight is 435 g/mol. The van der Waals surface area contributed by atoms with Crippen molar-refractivity contribution in [2.75, 3.05) is 5.32 Å². The van der Waals surface area contributed by atoms with E-state index in [2.05, 4.69) is 5.32 Å². The molecular formula is C25H26N2O3S. The summed E-state index contributed by atoms with van der Waals surface area (Å²) in [7, 11) is -3.85. The lowest BCUT2D eigenvalue weighted by Crippen LogP contribution is -2.50. The molecular weight excluding hydrogens is 408 g/mol. The molecule has 0 saturated carbocycles. The van der Waals surface area contributed by atoms with E-state index in [0.29, 0.717) is 12.1 Å². The monoisotopic (exact) mass is 434 g/mol. The topological polar surface area (TPSA) is 66.5 Å². The molecule has 1 N–H and O–H groups in total. The van der Waals surface area contributed by atoms with Gasteiger partial charge in [0.2, 0.25) is 15.9 Å². The molecule has 1 atom stereocenters. The minimum atomic E-state index is -3.85. The van der Waals surface area contributed by atoms with Gasteiger partial charge in [0.1, 0.15) is 6.04 Å². The highest BCUT2D eigenvalue weighted by atomic mass is 32.2. The third-order valence-corrected chi connectivity index (χ3v) is 7.49. The van der Waals surface area contributed by atoms with Crippen LogP contribution in [0.2, 0.25) is 0 Å². The van der Waals surface area contributed by atoms with Gasteiger partial charge in [-0.25, -0.2) is 8.42 Å². The van der Waals surface area contributed by atoms with E-state index >= 15 is 0 Å². The summed E-state index contributed by atoms with van der Waals surface area (Å²) in [6, 6.07) is 19.4. The number of fused-ring (bicyclic) bond motifs is 1. The smallest absolute Gasteiger partial charge is 0.244 e. The van der Waals surface area contributed by atoms with E-state index in [0.717, 1.165) is 27.8 Å². The second-order valence-corrected chi connectivity index (χ2v) is 10.1. The van der Waals surface area contributed by atoms with E-state index in [1.54, 1.807) is 24.3 Å². The molecule has 0 fully saturated rings. The summed E-state index contributed by atoms with van der Waals surface area (Å²) < 4.78 is 28.4. The molecule has 1 amide bonds. The Morgan fingerprint density at radius 1 is 0.871 bits per heavy atom. The third-order valence-electron chi connectivity index (χ3n) is 5.62. The lowest BCUT2D eigenvalue weighted by molar-refractivity contribution is -0.120. The van der Waals surface area contributed by atoms with Crippen LogP contribution in [0.4, 0.5) is 5.69 Å². The van der Waals surface area contributed by atoms with Gasteiger partial charge in [0.15, 0.2) is 0 Å². The SMILES string of the molecule is Cc1ccc(S(=O)(=O)N2Cc3ccccc3C[C@@H]2C(=O)Nc2cc(C)cc(C)c2)cc1. The number of anilines is 1. The maximum Gasteiger partial charge on any atom is 0.244 e. The third kappa shape index (κ3) is 4.40. The van der Waals surface area contributed by atoms with Gasteiger partial charge in [-0.3, -0.25) is 4.79 Å². The van der Waals surface area contributed by atoms with Crippen molar-refractivity contribution in [1.82, 2.24) is 4.31 Å². The van der Waals surface area contributed by atoms with E-state index in [9.17, 15) is 13.2 Å². The number of hydrogen-bond donors (Lipinski definition) is 1. The first-order valence-corrected chi connectivity index (χ1v) is 11.7. The van der Waals surface area contributed by atoms with Crippen LogP contribution in [0, 0.1) is 20.8 Å². The molecule has 31 heavy (non-hydrogen) atoms. The molecule has 0 aromatic heterocycles. The predicted molar refractivity (Wildman–Crippen MR) is 122 cm³/mol. The molecule has 1 aliphatic rings. The van der Waals surface area contributed by atoms with Crippen LogP contribution in [-0.4, -0.2) is 24.7 Å². The molecule has 0 aliphatic carbocycles. The van der Waals surface area contributed by atoms with Crippen LogP contribution < -0.4 is 5.32 Å². The van der Waals surface area contributed by atoms with Gasteiger partial charge in [-0.1, -0.05) is 48.0 Å². The van der Waals surface area contributed by atoms with Gasteiger partial charge >= 0.3 is 0 Å². The van der Waals surface area contributed by atoms with E-state index in [-0.39, 0.29) is 17.3 Å². The normalized spacial score (nSPS) is 16.5. The van der Waals surface area contributed by atoms with Gasteiger partial charge in [-0.2, -0.15) is 4.31 Å². The first kappa shape index (κ1) is 21.3. The number of nitrogens with one attached hydrogen (secondary N) is 1. The fourth-order valence-electron chi connectivity index (χ4n) is 4.09. The molecule has 3 aromatic carbocycles. The van der Waals surface area contributed by atoms with Crippen molar-refractivity contribution < 1.29 is 13.2 Å². The van der Waals surface area contributed by atoms with Crippen LogP contribution in [0.3, 0.4) is 0 Å². The van der Waals surface area contributed by atoms with Crippen molar-refractivity contribution in [2.24, 2.45) is 0 Å². The van der Waals surface area contributed by atoms with Gasteiger partial charge in [-0.15, -0.1) is 0 Å². The largest absolute Gasteiger partial charge is 0.325 e. The minimum absolute atomic E-state index is 0.164. The molecule has 5 nitrogen and oxygen atoms in total. The number of carbonyl (C=O) groups is 1. The molecule has 0 radical (unpaired) electrons. The minimum Gasteiger partial charge on any atom is -0.325 e. The lowest BCUT2D eigenvalue weighted by atomic mass is 9.95. The summed E-state index contributed by atoms with van der Waals surface area (Å²) in [4.78, 5) is 13.5. The van der Waals surface area contributed by atoms with Crippen molar-refractivity contribution >= 4 is 21.6 Å². The Kier molecular flexibility index (Phi) is 5.69. The summed E-state index contributed by atoms with van der Waals surface area (Å²) in [5.74, 6) is -0.324. The van der Waals surface area contributed by atoms with Gasteiger partial charge < -0.3 is 5.32 Å². The highest BCUT2D eigenvalue weighted by Crippen LogP contribution is 2.30. The highest BCUT2D eigenvalue weighted by Gasteiger charge is 2.39. The van der Waals surface area contributed by atoms with Crippen molar-refractivity contribution in [3.05, 3.63) is 94.5 Å². The standard InChI is InChI=1S/C25H26N2O3S/c1-17-8-10-23(11-9-17)31(29,30)27-16-21-7-5-4-6-20(21)15-24(27)25(28)26-22-13-18(2)12-19(3)14-22/h4-14,24H,15-16H2,1-3H3,(H,26,28)/t24-/m1/s1. The molecule has 0 spiro atoms. The van der Waals surface area contributed by atoms with Gasteiger partial charge in [-0.05, 0) is 73.7 Å². The van der Waals surface area contributed by atoms with Crippen LogP contribution in [0.25, 0.3) is 0 Å². The van der Waals surface area contributed by atoms with E-state index in [1.165, 1.54) is 4.31 Å². The average Bonchev–Trinajstić information content (AvgIpc) is 2.72. The first-order valence-electron chi connectivity index (χ1n) is 10.3. The Labute approximate surface area is 183 Å². The molecule has 0 unspecified atom stereocenters. The van der Waals surface area contributed by atoms with Gasteiger partial charge in [0.25, 0.3) is 0 Å². The Hall–Kier alpha value is -2.96. The van der Waals surface area contributed by atoms with Crippen molar-refractivity contribution in [2.45, 2.75) is 44.7 Å². The number of carbonyl (C=O) groups excluding carboxylic acids is 1.